The summed E-state index contributed by atoms with van der Waals surface area (Å²) in [6, 6.07) is 4.88. The topological polar surface area (TPSA) is 80.5 Å². The maximum Gasteiger partial charge on any atom is 0.244 e. The number of aryl methyl sites for hydroxylation is 1. The summed E-state index contributed by atoms with van der Waals surface area (Å²) in [5.74, 6) is -0.695. The van der Waals surface area contributed by atoms with E-state index in [9.17, 15) is 13.2 Å². The molecule has 0 atom stereocenters. The van der Waals surface area contributed by atoms with Crippen LogP contribution < -0.4 is 5.73 Å². The predicted molar refractivity (Wildman–Crippen MR) is 67.9 cm³/mol. The number of benzene rings is 1. The van der Waals surface area contributed by atoms with Gasteiger partial charge in [-0.3, -0.25) is 4.79 Å². The molecule has 0 saturated carbocycles. The first-order valence-corrected chi connectivity index (χ1v) is 6.99. The van der Waals surface area contributed by atoms with Crippen molar-refractivity contribution >= 4 is 31.9 Å². The molecule has 0 aromatic heterocycles. The Hall–Kier alpha value is -0.920. The Labute approximate surface area is 109 Å². The summed E-state index contributed by atoms with van der Waals surface area (Å²) < 4.78 is 25.6. The van der Waals surface area contributed by atoms with Gasteiger partial charge in [0.15, 0.2) is 0 Å². The van der Waals surface area contributed by atoms with Gasteiger partial charge in [-0.25, -0.2) is 8.42 Å². The van der Waals surface area contributed by atoms with Gasteiger partial charge in [0.2, 0.25) is 15.9 Å². The van der Waals surface area contributed by atoms with Gasteiger partial charge >= 0.3 is 0 Å². The molecule has 0 radical (unpaired) electrons. The Morgan fingerprint density at radius 2 is 2.06 bits per heavy atom. The van der Waals surface area contributed by atoms with Crippen molar-refractivity contribution < 1.29 is 13.2 Å². The zero-order valence-electron chi connectivity index (χ0n) is 9.47. The second-order valence-corrected chi connectivity index (χ2v) is 6.53. The van der Waals surface area contributed by atoms with Crippen LogP contribution in [0.1, 0.15) is 5.56 Å². The van der Waals surface area contributed by atoms with Gasteiger partial charge in [0.1, 0.15) is 0 Å². The number of hydrogen-bond acceptors (Lipinski definition) is 3. The fourth-order valence-corrected chi connectivity index (χ4v) is 3.57. The number of amides is 1. The fraction of sp³-hybridized carbons (Fsp3) is 0.300. The van der Waals surface area contributed by atoms with E-state index in [0.717, 1.165) is 9.87 Å². The van der Waals surface area contributed by atoms with Gasteiger partial charge in [-0.1, -0.05) is 6.07 Å². The number of sulfonamides is 1. The quantitative estimate of drug-likeness (QED) is 0.893. The molecule has 0 unspecified atom stereocenters. The minimum Gasteiger partial charge on any atom is -0.369 e. The van der Waals surface area contributed by atoms with Crippen LogP contribution in [0.4, 0.5) is 0 Å². The number of nitrogens with zero attached hydrogens (tertiary/aromatic N) is 1. The number of primary amides is 1. The average Bonchev–Trinajstić information content (AvgIpc) is 2.15. The zero-order valence-corrected chi connectivity index (χ0v) is 11.9. The molecule has 0 spiro atoms. The molecule has 1 aromatic rings. The second kappa shape index (κ2) is 5.16. The number of rotatable bonds is 4. The minimum absolute atomic E-state index is 0.117. The Kier molecular flexibility index (Phi) is 4.29. The molecule has 7 heteroatoms. The highest BCUT2D eigenvalue weighted by Crippen LogP contribution is 2.25. The molecular formula is C10H13BrN2O3S. The number of halogens is 1. The summed E-state index contributed by atoms with van der Waals surface area (Å²) >= 11 is 3.20. The molecule has 0 saturated heterocycles. The van der Waals surface area contributed by atoms with E-state index in [2.05, 4.69) is 15.9 Å². The Morgan fingerprint density at radius 3 is 2.53 bits per heavy atom. The summed E-state index contributed by atoms with van der Waals surface area (Å²) in [5, 5.41) is 0. The van der Waals surface area contributed by atoms with E-state index in [0.29, 0.717) is 4.47 Å². The lowest BCUT2D eigenvalue weighted by molar-refractivity contribution is -0.118. The first-order chi connectivity index (χ1) is 7.75. The molecule has 0 aliphatic carbocycles. The van der Waals surface area contributed by atoms with Crippen molar-refractivity contribution in [2.24, 2.45) is 5.73 Å². The Balaban J connectivity index is 3.17. The highest BCUT2D eigenvalue weighted by atomic mass is 79.9. The Morgan fingerprint density at radius 1 is 1.47 bits per heavy atom. The van der Waals surface area contributed by atoms with Crippen molar-refractivity contribution in [3.63, 3.8) is 0 Å². The van der Waals surface area contributed by atoms with E-state index in [4.69, 9.17) is 5.73 Å². The number of hydrogen-bond donors (Lipinski definition) is 1. The van der Waals surface area contributed by atoms with Gasteiger partial charge in [0.25, 0.3) is 0 Å². The van der Waals surface area contributed by atoms with Gasteiger partial charge in [-0.05, 0) is 40.5 Å². The molecule has 2 N–H and O–H groups in total. The van der Waals surface area contributed by atoms with Crippen LogP contribution in [0.15, 0.2) is 27.6 Å². The van der Waals surface area contributed by atoms with Crippen molar-refractivity contribution in [1.82, 2.24) is 4.31 Å². The summed E-state index contributed by atoms with van der Waals surface area (Å²) in [7, 11) is -2.38. The second-order valence-electron chi connectivity index (χ2n) is 3.66. The van der Waals surface area contributed by atoms with Crippen LogP contribution in [0.2, 0.25) is 0 Å². The lowest BCUT2D eigenvalue weighted by Gasteiger charge is -2.16. The van der Waals surface area contributed by atoms with Gasteiger partial charge in [-0.2, -0.15) is 4.31 Å². The zero-order chi connectivity index (χ0) is 13.2. The molecule has 94 valence electrons. The van der Waals surface area contributed by atoms with E-state index in [1.54, 1.807) is 12.1 Å². The standard InChI is InChI=1S/C10H13BrN2O3S/c1-7-3-4-9(8(11)5-7)17(15,16)13(2)6-10(12)14/h3-5H,6H2,1-2H3,(H2,12,14). The summed E-state index contributed by atoms with van der Waals surface area (Å²) in [6.45, 7) is 1.51. The normalized spacial score (nSPS) is 11.8. The lowest BCUT2D eigenvalue weighted by atomic mass is 10.2. The molecule has 0 bridgehead atoms. The molecule has 5 nitrogen and oxygen atoms in total. The van der Waals surface area contributed by atoms with Gasteiger partial charge in [-0.15, -0.1) is 0 Å². The highest BCUT2D eigenvalue weighted by Gasteiger charge is 2.24. The molecule has 17 heavy (non-hydrogen) atoms. The smallest absolute Gasteiger partial charge is 0.244 e. The van der Waals surface area contributed by atoms with E-state index in [1.165, 1.54) is 13.1 Å². The SMILES string of the molecule is Cc1ccc(S(=O)(=O)N(C)CC(N)=O)c(Br)c1. The van der Waals surface area contributed by atoms with Crippen molar-refractivity contribution in [2.45, 2.75) is 11.8 Å². The third-order valence-electron chi connectivity index (χ3n) is 2.15. The third-order valence-corrected chi connectivity index (χ3v) is 4.93. The molecule has 1 amide bonds. The highest BCUT2D eigenvalue weighted by molar-refractivity contribution is 9.10. The predicted octanol–water partition coefficient (Wildman–Crippen LogP) is 0.863. The van der Waals surface area contributed by atoms with Crippen LogP contribution in [0.25, 0.3) is 0 Å². The Bertz CT molecular complexity index is 542. The van der Waals surface area contributed by atoms with Crippen LogP contribution in [0.3, 0.4) is 0 Å². The molecule has 1 rings (SSSR count). The van der Waals surface area contributed by atoms with E-state index < -0.39 is 15.9 Å². The molecule has 0 aliphatic heterocycles. The van der Waals surface area contributed by atoms with E-state index >= 15 is 0 Å². The lowest BCUT2D eigenvalue weighted by Crippen LogP contribution is -2.35. The monoisotopic (exact) mass is 320 g/mol. The summed E-state index contributed by atoms with van der Waals surface area (Å²) in [6.07, 6.45) is 0. The maximum absolute atomic E-state index is 12.1. The van der Waals surface area contributed by atoms with Crippen molar-refractivity contribution in [3.05, 3.63) is 28.2 Å². The van der Waals surface area contributed by atoms with Gasteiger partial charge < -0.3 is 5.73 Å². The average molecular weight is 321 g/mol. The number of carbonyl (C=O) groups is 1. The first-order valence-electron chi connectivity index (χ1n) is 4.76. The van der Waals surface area contributed by atoms with Crippen LogP contribution in [0, 0.1) is 6.92 Å². The van der Waals surface area contributed by atoms with Crippen molar-refractivity contribution in [1.29, 1.82) is 0 Å². The number of likely N-dealkylation sites (N-methyl/N-ethyl adjacent to an activating group) is 1. The van der Waals surface area contributed by atoms with Crippen molar-refractivity contribution in [2.75, 3.05) is 13.6 Å². The van der Waals surface area contributed by atoms with Crippen molar-refractivity contribution in [3.8, 4) is 0 Å². The fourth-order valence-electron chi connectivity index (χ4n) is 1.29. The van der Waals surface area contributed by atoms with Gasteiger partial charge in [0.05, 0.1) is 11.4 Å². The maximum atomic E-state index is 12.1. The molecule has 0 aliphatic rings. The molecule has 0 fully saturated rings. The van der Waals surface area contributed by atoms with Gasteiger partial charge in [0, 0.05) is 11.5 Å². The van der Waals surface area contributed by atoms with Crippen LogP contribution in [-0.4, -0.2) is 32.2 Å². The molecular weight excluding hydrogens is 308 g/mol. The first kappa shape index (κ1) is 14.1. The van der Waals surface area contributed by atoms with E-state index in [-0.39, 0.29) is 11.4 Å². The number of carbonyl (C=O) groups excluding carboxylic acids is 1. The summed E-state index contributed by atoms with van der Waals surface area (Å²) in [4.78, 5) is 10.8. The van der Waals surface area contributed by atoms with Crippen LogP contribution >= 0.6 is 15.9 Å². The van der Waals surface area contributed by atoms with Crippen LogP contribution in [0.5, 0.6) is 0 Å². The minimum atomic E-state index is -3.70. The number of nitrogens with two attached hydrogens (primary N) is 1. The largest absolute Gasteiger partial charge is 0.369 e. The third kappa shape index (κ3) is 3.27. The van der Waals surface area contributed by atoms with E-state index in [1.807, 2.05) is 6.92 Å². The molecule has 0 heterocycles. The summed E-state index contributed by atoms with van der Waals surface area (Å²) in [5.41, 5.74) is 5.91. The molecule has 1 aromatic carbocycles. The van der Waals surface area contributed by atoms with Crippen LogP contribution in [-0.2, 0) is 14.8 Å².